The minimum Gasteiger partial charge on any atom is -0.484 e. The summed E-state index contributed by atoms with van der Waals surface area (Å²) in [4.78, 5) is 26.4. The van der Waals surface area contributed by atoms with Crippen molar-refractivity contribution in [1.82, 2.24) is 10.2 Å². The molecule has 0 unspecified atom stereocenters. The molecular weight excluding hydrogens is 392 g/mol. The number of hydrogen-bond donors (Lipinski definition) is 1. The average Bonchev–Trinajstić information content (AvgIpc) is 2.79. The van der Waals surface area contributed by atoms with Crippen LogP contribution in [0.15, 0.2) is 48.5 Å². The molecular formula is C25H32N2O4. The normalized spacial score (nSPS) is 14.2. The van der Waals surface area contributed by atoms with E-state index in [2.05, 4.69) is 12.2 Å². The smallest absolute Gasteiger partial charge is 0.260 e. The first kappa shape index (κ1) is 22.7. The highest BCUT2D eigenvalue weighted by Gasteiger charge is 2.24. The van der Waals surface area contributed by atoms with Crippen molar-refractivity contribution in [2.45, 2.75) is 45.6 Å². The zero-order valence-corrected chi connectivity index (χ0v) is 18.4. The lowest BCUT2D eigenvalue weighted by molar-refractivity contribution is -0.134. The van der Waals surface area contributed by atoms with Gasteiger partial charge in [0.1, 0.15) is 11.5 Å². The van der Waals surface area contributed by atoms with Crippen LogP contribution in [0.3, 0.4) is 0 Å². The number of carbonyl (C=O) groups excluding carboxylic acids is 2. The standard InChI is InChI=1S/C25H32N2O4/c1-3-4-20-7-11-23(12-8-20)30-17-24(28)26-21-13-15-27(16-14-21)25(29)18-31-22-9-5-19(2)6-10-22/h5-12,21H,3-4,13-18H2,1-2H3,(H,26,28). The molecule has 6 heteroatoms. The summed E-state index contributed by atoms with van der Waals surface area (Å²) >= 11 is 0. The molecule has 0 spiro atoms. The van der Waals surface area contributed by atoms with Crippen LogP contribution in [0.1, 0.15) is 37.3 Å². The van der Waals surface area contributed by atoms with Gasteiger partial charge in [0.15, 0.2) is 13.2 Å². The third kappa shape index (κ3) is 7.31. The highest BCUT2D eigenvalue weighted by atomic mass is 16.5. The predicted octanol–water partition coefficient (Wildman–Crippen LogP) is 3.51. The quantitative estimate of drug-likeness (QED) is 0.669. The molecule has 0 aromatic heterocycles. The molecule has 0 aliphatic carbocycles. The predicted molar refractivity (Wildman–Crippen MR) is 120 cm³/mol. The summed E-state index contributed by atoms with van der Waals surface area (Å²) in [5.41, 5.74) is 2.42. The molecule has 1 aliphatic heterocycles. The number of hydrogen-bond acceptors (Lipinski definition) is 4. The molecule has 2 aromatic rings. The van der Waals surface area contributed by atoms with Crippen LogP contribution in [0.25, 0.3) is 0 Å². The fourth-order valence-corrected chi connectivity index (χ4v) is 3.60. The number of nitrogens with one attached hydrogen (secondary N) is 1. The fourth-order valence-electron chi connectivity index (χ4n) is 3.60. The maximum Gasteiger partial charge on any atom is 0.260 e. The maximum atomic E-state index is 12.4. The zero-order valence-electron chi connectivity index (χ0n) is 18.4. The molecule has 3 rings (SSSR count). The lowest BCUT2D eigenvalue weighted by atomic mass is 10.1. The van der Waals surface area contributed by atoms with Crippen molar-refractivity contribution in [2.75, 3.05) is 26.3 Å². The van der Waals surface area contributed by atoms with Gasteiger partial charge in [-0.25, -0.2) is 0 Å². The second-order valence-corrected chi connectivity index (χ2v) is 8.01. The van der Waals surface area contributed by atoms with Crippen LogP contribution in [0.4, 0.5) is 0 Å². The first-order valence-corrected chi connectivity index (χ1v) is 11.0. The summed E-state index contributed by atoms with van der Waals surface area (Å²) in [7, 11) is 0. The van der Waals surface area contributed by atoms with E-state index in [9.17, 15) is 9.59 Å². The van der Waals surface area contributed by atoms with E-state index in [1.54, 1.807) is 4.90 Å². The number of ether oxygens (including phenoxy) is 2. The Kier molecular flexibility index (Phi) is 8.33. The summed E-state index contributed by atoms with van der Waals surface area (Å²) in [6.45, 7) is 5.41. The molecule has 0 atom stereocenters. The Bertz CT molecular complexity index is 841. The van der Waals surface area contributed by atoms with Crippen LogP contribution < -0.4 is 14.8 Å². The first-order chi connectivity index (χ1) is 15.0. The van der Waals surface area contributed by atoms with E-state index in [0.717, 1.165) is 31.2 Å². The number of benzene rings is 2. The highest BCUT2D eigenvalue weighted by molar-refractivity contribution is 5.79. The van der Waals surface area contributed by atoms with Crippen molar-refractivity contribution in [1.29, 1.82) is 0 Å². The molecule has 31 heavy (non-hydrogen) atoms. The largest absolute Gasteiger partial charge is 0.484 e. The third-order valence-corrected chi connectivity index (χ3v) is 5.43. The molecule has 0 radical (unpaired) electrons. The van der Waals surface area contributed by atoms with Gasteiger partial charge in [0.05, 0.1) is 0 Å². The van der Waals surface area contributed by atoms with Crippen molar-refractivity contribution in [3.8, 4) is 11.5 Å². The third-order valence-electron chi connectivity index (χ3n) is 5.43. The molecule has 1 N–H and O–H groups in total. The van der Waals surface area contributed by atoms with Crippen molar-refractivity contribution in [3.05, 3.63) is 59.7 Å². The van der Waals surface area contributed by atoms with Crippen molar-refractivity contribution in [2.24, 2.45) is 0 Å². The average molecular weight is 425 g/mol. The Hall–Kier alpha value is -3.02. The van der Waals surface area contributed by atoms with Crippen LogP contribution >= 0.6 is 0 Å². The zero-order chi connectivity index (χ0) is 22.1. The summed E-state index contributed by atoms with van der Waals surface area (Å²) in [5, 5.41) is 3.01. The van der Waals surface area contributed by atoms with E-state index in [1.165, 1.54) is 5.56 Å². The highest BCUT2D eigenvalue weighted by Crippen LogP contribution is 2.15. The van der Waals surface area contributed by atoms with Gasteiger partial charge >= 0.3 is 0 Å². The Balaban J connectivity index is 1.33. The summed E-state index contributed by atoms with van der Waals surface area (Å²) < 4.78 is 11.2. The number of carbonyl (C=O) groups is 2. The van der Waals surface area contributed by atoms with E-state index in [1.807, 2.05) is 55.5 Å². The molecule has 1 saturated heterocycles. The van der Waals surface area contributed by atoms with Crippen LogP contribution in [0.5, 0.6) is 11.5 Å². The molecule has 6 nitrogen and oxygen atoms in total. The number of aryl methyl sites for hydroxylation is 2. The van der Waals surface area contributed by atoms with Crippen LogP contribution in [0, 0.1) is 6.92 Å². The minimum absolute atomic E-state index is 0.00331. The monoisotopic (exact) mass is 424 g/mol. The number of likely N-dealkylation sites (tertiary alicyclic amines) is 1. The van der Waals surface area contributed by atoms with Crippen molar-refractivity contribution >= 4 is 11.8 Å². The molecule has 1 fully saturated rings. The first-order valence-electron chi connectivity index (χ1n) is 11.0. The molecule has 1 heterocycles. The van der Waals surface area contributed by atoms with Gasteiger partial charge in [-0.05, 0) is 56.0 Å². The Labute approximate surface area is 184 Å². The van der Waals surface area contributed by atoms with Gasteiger partial charge in [-0.2, -0.15) is 0 Å². The van der Waals surface area contributed by atoms with Crippen molar-refractivity contribution < 1.29 is 19.1 Å². The fraction of sp³-hybridized carbons (Fsp3) is 0.440. The van der Waals surface area contributed by atoms with E-state index >= 15 is 0 Å². The van der Waals surface area contributed by atoms with Crippen LogP contribution in [0.2, 0.25) is 0 Å². The van der Waals surface area contributed by atoms with Gasteiger partial charge in [-0.15, -0.1) is 0 Å². The Morgan fingerprint density at radius 1 is 0.935 bits per heavy atom. The maximum absolute atomic E-state index is 12.4. The molecule has 0 bridgehead atoms. The van der Waals surface area contributed by atoms with Crippen molar-refractivity contribution in [3.63, 3.8) is 0 Å². The van der Waals surface area contributed by atoms with E-state index in [4.69, 9.17) is 9.47 Å². The van der Waals surface area contributed by atoms with E-state index < -0.39 is 0 Å². The van der Waals surface area contributed by atoms with Crippen LogP contribution in [-0.2, 0) is 16.0 Å². The second kappa shape index (κ2) is 11.4. The molecule has 0 saturated carbocycles. The summed E-state index contributed by atoms with van der Waals surface area (Å²) in [6.07, 6.45) is 3.61. The molecule has 1 aliphatic rings. The van der Waals surface area contributed by atoms with Gasteiger partial charge in [0.2, 0.25) is 0 Å². The van der Waals surface area contributed by atoms with Crippen LogP contribution in [-0.4, -0.2) is 49.1 Å². The summed E-state index contributed by atoms with van der Waals surface area (Å²) in [5.74, 6) is 1.23. The lowest BCUT2D eigenvalue weighted by Gasteiger charge is -2.32. The SMILES string of the molecule is CCCc1ccc(OCC(=O)NC2CCN(C(=O)COc3ccc(C)cc3)CC2)cc1. The lowest BCUT2D eigenvalue weighted by Crippen LogP contribution is -2.48. The topological polar surface area (TPSA) is 67.9 Å². The van der Waals surface area contributed by atoms with Gasteiger partial charge < -0.3 is 19.7 Å². The molecule has 2 aromatic carbocycles. The van der Waals surface area contributed by atoms with Gasteiger partial charge in [-0.1, -0.05) is 43.2 Å². The minimum atomic E-state index is -0.134. The molecule has 2 amide bonds. The van der Waals surface area contributed by atoms with E-state index in [-0.39, 0.29) is 31.1 Å². The van der Waals surface area contributed by atoms with Gasteiger partial charge in [0.25, 0.3) is 11.8 Å². The Morgan fingerprint density at radius 2 is 1.52 bits per heavy atom. The number of nitrogens with zero attached hydrogens (tertiary/aromatic N) is 1. The van der Waals surface area contributed by atoms with E-state index in [0.29, 0.717) is 24.6 Å². The second-order valence-electron chi connectivity index (χ2n) is 8.01. The van der Waals surface area contributed by atoms with Gasteiger partial charge in [-0.3, -0.25) is 9.59 Å². The number of rotatable bonds is 9. The summed E-state index contributed by atoms with van der Waals surface area (Å²) in [6, 6.07) is 15.6. The Morgan fingerprint density at radius 3 is 2.13 bits per heavy atom. The molecule has 166 valence electrons. The van der Waals surface area contributed by atoms with Gasteiger partial charge in [0, 0.05) is 19.1 Å². The number of piperidine rings is 1. The number of amides is 2.